The van der Waals surface area contributed by atoms with E-state index in [-0.39, 0.29) is 11.9 Å². The maximum absolute atomic E-state index is 14.0. The monoisotopic (exact) mass is 299 g/mol. The van der Waals surface area contributed by atoms with Crippen molar-refractivity contribution in [2.75, 3.05) is 13.7 Å². The standard InChI is InChI=1S/C13H15BrFNO/c1-16-13(11-7-2-3-8-17-11)9-5-4-6-10(14)12(9)15/h4-7,13,16H,2-3,8H2,1H3. The molecule has 1 aromatic rings. The van der Waals surface area contributed by atoms with Crippen LogP contribution >= 0.6 is 15.9 Å². The van der Waals surface area contributed by atoms with Crippen LogP contribution in [0.1, 0.15) is 24.4 Å². The molecule has 1 N–H and O–H groups in total. The Morgan fingerprint density at radius 1 is 1.47 bits per heavy atom. The second-order valence-corrected chi connectivity index (χ2v) is 4.82. The van der Waals surface area contributed by atoms with Gasteiger partial charge in [0.15, 0.2) is 0 Å². The molecule has 0 radical (unpaired) electrons. The summed E-state index contributed by atoms with van der Waals surface area (Å²) >= 11 is 3.20. The summed E-state index contributed by atoms with van der Waals surface area (Å²) < 4.78 is 20.1. The number of hydrogen-bond acceptors (Lipinski definition) is 2. The normalized spacial score (nSPS) is 17.2. The smallest absolute Gasteiger partial charge is 0.142 e. The molecule has 1 atom stereocenters. The van der Waals surface area contributed by atoms with Crippen molar-refractivity contribution in [1.82, 2.24) is 5.32 Å². The minimum atomic E-state index is -0.234. The Morgan fingerprint density at radius 3 is 2.94 bits per heavy atom. The van der Waals surface area contributed by atoms with Crippen LogP contribution in [0.4, 0.5) is 4.39 Å². The lowest BCUT2D eigenvalue weighted by Gasteiger charge is -2.24. The molecule has 1 heterocycles. The molecule has 17 heavy (non-hydrogen) atoms. The third kappa shape index (κ3) is 2.69. The minimum absolute atomic E-state index is 0.215. The van der Waals surface area contributed by atoms with Gasteiger partial charge in [-0.2, -0.15) is 0 Å². The number of halogens is 2. The van der Waals surface area contributed by atoms with E-state index in [4.69, 9.17) is 4.74 Å². The molecule has 0 spiro atoms. The van der Waals surface area contributed by atoms with Gasteiger partial charge >= 0.3 is 0 Å². The van der Waals surface area contributed by atoms with Crippen LogP contribution in [0.3, 0.4) is 0 Å². The Bertz CT molecular complexity index is 433. The molecule has 2 rings (SSSR count). The average molecular weight is 300 g/mol. The van der Waals surface area contributed by atoms with Gasteiger partial charge in [0, 0.05) is 5.56 Å². The van der Waals surface area contributed by atoms with E-state index in [0.717, 1.165) is 18.6 Å². The molecular weight excluding hydrogens is 285 g/mol. The molecule has 2 nitrogen and oxygen atoms in total. The summed E-state index contributed by atoms with van der Waals surface area (Å²) in [5, 5.41) is 3.10. The molecule has 4 heteroatoms. The fourth-order valence-corrected chi connectivity index (χ4v) is 2.35. The molecule has 0 aromatic heterocycles. The first-order chi connectivity index (χ1) is 8.24. The second kappa shape index (κ2) is 5.65. The summed E-state index contributed by atoms with van der Waals surface area (Å²) in [4.78, 5) is 0. The van der Waals surface area contributed by atoms with E-state index < -0.39 is 0 Å². The average Bonchev–Trinajstić information content (AvgIpc) is 2.37. The predicted molar refractivity (Wildman–Crippen MR) is 69.2 cm³/mol. The van der Waals surface area contributed by atoms with E-state index in [0.29, 0.717) is 16.6 Å². The number of likely N-dealkylation sites (N-methyl/N-ethyl adjacent to an activating group) is 1. The lowest BCUT2D eigenvalue weighted by atomic mass is 10.0. The Kier molecular flexibility index (Phi) is 4.18. The van der Waals surface area contributed by atoms with Crippen molar-refractivity contribution < 1.29 is 9.13 Å². The quantitative estimate of drug-likeness (QED) is 0.922. The summed E-state index contributed by atoms with van der Waals surface area (Å²) in [6, 6.07) is 5.09. The largest absolute Gasteiger partial charge is 0.496 e. The molecule has 0 amide bonds. The van der Waals surface area contributed by atoms with E-state index in [1.807, 2.05) is 19.2 Å². The molecule has 1 aliphatic rings. The van der Waals surface area contributed by atoms with Crippen LogP contribution in [0.5, 0.6) is 0 Å². The van der Waals surface area contributed by atoms with E-state index in [2.05, 4.69) is 21.2 Å². The number of nitrogens with one attached hydrogen (secondary N) is 1. The molecule has 0 saturated carbocycles. The van der Waals surface area contributed by atoms with Crippen molar-refractivity contribution >= 4 is 15.9 Å². The molecule has 0 fully saturated rings. The highest BCUT2D eigenvalue weighted by molar-refractivity contribution is 9.10. The highest BCUT2D eigenvalue weighted by atomic mass is 79.9. The van der Waals surface area contributed by atoms with Crippen LogP contribution in [0, 0.1) is 5.82 Å². The molecule has 0 saturated heterocycles. The van der Waals surface area contributed by atoms with Crippen molar-refractivity contribution in [2.45, 2.75) is 18.9 Å². The fraction of sp³-hybridized carbons (Fsp3) is 0.385. The van der Waals surface area contributed by atoms with Gasteiger partial charge in [-0.25, -0.2) is 4.39 Å². The van der Waals surface area contributed by atoms with E-state index in [1.165, 1.54) is 0 Å². The third-order valence-corrected chi connectivity index (χ3v) is 3.44. The van der Waals surface area contributed by atoms with Gasteiger partial charge in [0.05, 0.1) is 17.1 Å². The first-order valence-electron chi connectivity index (χ1n) is 5.68. The molecule has 1 aromatic carbocycles. The first kappa shape index (κ1) is 12.6. The second-order valence-electron chi connectivity index (χ2n) is 3.96. The SMILES string of the molecule is CNC(C1=CCCCO1)c1cccc(Br)c1F. The molecule has 0 bridgehead atoms. The Balaban J connectivity index is 2.34. The van der Waals surface area contributed by atoms with Crippen LogP contribution in [-0.2, 0) is 4.74 Å². The number of allylic oxidation sites excluding steroid dienone is 1. The molecule has 1 aliphatic heterocycles. The van der Waals surface area contributed by atoms with Crippen LogP contribution in [-0.4, -0.2) is 13.7 Å². The Hall–Kier alpha value is -0.870. The summed E-state index contributed by atoms with van der Waals surface area (Å²) in [6.45, 7) is 0.708. The lowest BCUT2D eigenvalue weighted by Crippen LogP contribution is -2.23. The number of benzene rings is 1. The zero-order valence-corrected chi connectivity index (χ0v) is 11.3. The molecule has 0 aliphatic carbocycles. The predicted octanol–water partition coefficient (Wildman–Crippen LogP) is 3.54. The molecular formula is C13H15BrFNO. The number of ether oxygens (including phenoxy) is 1. The van der Waals surface area contributed by atoms with Gasteiger partial charge in [-0.15, -0.1) is 0 Å². The Labute approximate surface area is 109 Å². The zero-order valence-electron chi connectivity index (χ0n) is 9.67. The Morgan fingerprint density at radius 2 is 2.29 bits per heavy atom. The van der Waals surface area contributed by atoms with Gasteiger partial charge in [-0.1, -0.05) is 12.1 Å². The van der Waals surface area contributed by atoms with E-state index in [9.17, 15) is 4.39 Å². The number of hydrogen-bond donors (Lipinski definition) is 1. The summed E-state index contributed by atoms with van der Waals surface area (Å²) in [6.07, 6.45) is 4.05. The highest BCUT2D eigenvalue weighted by Gasteiger charge is 2.22. The van der Waals surface area contributed by atoms with Crippen molar-refractivity contribution in [3.05, 3.63) is 45.9 Å². The van der Waals surface area contributed by atoms with E-state index in [1.54, 1.807) is 12.1 Å². The van der Waals surface area contributed by atoms with Crippen LogP contribution in [0.15, 0.2) is 34.5 Å². The van der Waals surface area contributed by atoms with Gasteiger partial charge in [0.25, 0.3) is 0 Å². The maximum Gasteiger partial charge on any atom is 0.142 e. The van der Waals surface area contributed by atoms with Crippen molar-refractivity contribution in [2.24, 2.45) is 0 Å². The lowest BCUT2D eigenvalue weighted by molar-refractivity contribution is 0.168. The first-order valence-corrected chi connectivity index (χ1v) is 6.47. The van der Waals surface area contributed by atoms with E-state index >= 15 is 0 Å². The van der Waals surface area contributed by atoms with Crippen LogP contribution in [0.25, 0.3) is 0 Å². The molecule has 92 valence electrons. The van der Waals surface area contributed by atoms with Gasteiger partial charge in [-0.3, -0.25) is 0 Å². The van der Waals surface area contributed by atoms with Gasteiger partial charge < -0.3 is 10.1 Å². The fourth-order valence-electron chi connectivity index (χ4n) is 1.97. The minimum Gasteiger partial charge on any atom is -0.496 e. The highest BCUT2D eigenvalue weighted by Crippen LogP contribution is 2.30. The third-order valence-electron chi connectivity index (χ3n) is 2.83. The molecule has 1 unspecified atom stereocenters. The maximum atomic E-state index is 14.0. The zero-order chi connectivity index (χ0) is 12.3. The summed E-state index contributed by atoms with van der Waals surface area (Å²) in [5.74, 6) is 0.581. The van der Waals surface area contributed by atoms with Gasteiger partial charge in [-0.05, 0) is 48.0 Å². The van der Waals surface area contributed by atoms with Crippen molar-refractivity contribution in [3.8, 4) is 0 Å². The summed E-state index contributed by atoms with van der Waals surface area (Å²) in [5.41, 5.74) is 0.607. The van der Waals surface area contributed by atoms with Crippen LogP contribution < -0.4 is 5.32 Å². The van der Waals surface area contributed by atoms with Crippen LogP contribution in [0.2, 0.25) is 0 Å². The number of rotatable bonds is 3. The summed E-state index contributed by atoms with van der Waals surface area (Å²) in [7, 11) is 1.81. The van der Waals surface area contributed by atoms with Gasteiger partial charge in [0.2, 0.25) is 0 Å². The van der Waals surface area contributed by atoms with Gasteiger partial charge in [0.1, 0.15) is 11.6 Å². The topological polar surface area (TPSA) is 21.3 Å². The van der Waals surface area contributed by atoms with Crippen molar-refractivity contribution in [1.29, 1.82) is 0 Å². The van der Waals surface area contributed by atoms with Crippen molar-refractivity contribution in [3.63, 3.8) is 0 Å².